The van der Waals surface area contributed by atoms with Crippen LogP contribution in [0, 0.1) is 20.8 Å². The third kappa shape index (κ3) is 6.25. The molecule has 0 radical (unpaired) electrons. The summed E-state index contributed by atoms with van der Waals surface area (Å²) in [5, 5.41) is 8.87. The average Bonchev–Trinajstić information content (AvgIpc) is 2.68. The van der Waals surface area contributed by atoms with Crippen LogP contribution >= 0.6 is 0 Å². The summed E-state index contributed by atoms with van der Waals surface area (Å²) in [5.74, 6) is 0.954. The van der Waals surface area contributed by atoms with Gasteiger partial charge < -0.3 is 14.6 Å². The highest BCUT2D eigenvalue weighted by Gasteiger charge is 2.32. The van der Waals surface area contributed by atoms with E-state index in [1.165, 1.54) is 37.7 Å². The molecule has 0 saturated heterocycles. The molecule has 0 spiro atoms. The molecule has 4 heteroatoms. The Hall–Kier alpha value is -1.97. The molecule has 1 aromatic rings. The molecule has 4 nitrogen and oxygen atoms in total. The predicted octanol–water partition coefficient (Wildman–Crippen LogP) is 6.47. The molecule has 1 heterocycles. The van der Waals surface area contributed by atoms with Gasteiger partial charge in [-0.15, -0.1) is 0 Å². The Morgan fingerprint density at radius 3 is 2.55 bits per heavy atom. The van der Waals surface area contributed by atoms with Crippen molar-refractivity contribution < 1.29 is 19.4 Å². The maximum atomic E-state index is 10.8. The van der Waals surface area contributed by atoms with Gasteiger partial charge in [-0.05, 0) is 76.1 Å². The normalized spacial score (nSPS) is 18.5. The molecule has 162 valence electrons. The summed E-state index contributed by atoms with van der Waals surface area (Å²) >= 11 is 0. The van der Waals surface area contributed by atoms with Gasteiger partial charge in [0.1, 0.15) is 17.1 Å². The lowest BCUT2D eigenvalue weighted by atomic mass is 9.86. The lowest BCUT2D eigenvalue weighted by Crippen LogP contribution is -2.35. The summed E-state index contributed by atoms with van der Waals surface area (Å²) in [6, 6.07) is 0. The van der Waals surface area contributed by atoms with Gasteiger partial charge in [0.15, 0.2) is 0 Å². The first kappa shape index (κ1) is 23.3. The van der Waals surface area contributed by atoms with Gasteiger partial charge in [-0.2, -0.15) is 0 Å². The number of carboxylic acids is 1. The monoisotopic (exact) mass is 402 g/mol. The SMILES string of the molecule is CCCCCCCC=CC1(C)CCc2c(C)c(OCCC(=O)O)c(C)c(C)c2O1. The minimum atomic E-state index is -0.841. The number of fused-ring (bicyclic) bond motifs is 1. The first-order valence-electron chi connectivity index (χ1n) is 11.1. The number of carboxylic acid groups (broad SMARTS) is 1. The maximum absolute atomic E-state index is 10.8. The average molecular weight is 403 g/mol. The molecule has 2 rings (SSSR count). The number of ether oxygens (including phenoxy) is 2. The van der Waals surface area contributed by atoms with Crippen LogP contribution < -0.4 is 9.47 Å². The summed E-state index contributed by atoms with van der Waals surface area (Å²) in [4.78, 5) is 10.8. The van der Waals surface area contributed by atoms with Crippen LogP contribution in [-0.4, -0.2) is 23.3 Å². The molecular weight excluding hydrogens is 364 g/mol. The van der Waals surface area contributed by atoms with Crippen LogP contribution in [0.3, 0.4) is 0 Å². The summed E-state index contributed by atoms with van der Waals surface area (Å²) < 4.78 is 12.4. The number of aliphatic carboxylic acids is 1. The molecule has 1 unspecified atom stereocenters. The third-order valence-electron chi connectivity index (χ3n) is 6.02. The fraction of sp³-hybridized carbons (Fsp3) is 0.640. The highest BCUT2D eigenvalue weighted by atomic mass is 16.5. The second-order valence-electron chi connectivity index (χ2n) is 8.52. The summed E-state index contributed by atoms with van der Waals surface area (Å²) in [5.41, 5.74) is 4.14. The fourth-order valence-corrected chi connectivity index (χ4v) is 4.02. The molecule has 0 fully saturated rings. The molecule has 0 aromatic heterocycles. The van der Waals surface area contributed by atoms with E-state index in [2.05, 4.69) is 39.8 Å². The van der Waals surface area contributed by atoms with E-state index in [-0.39, 0.29) is 18.6 Å². The molecule has 0 aliphatic carbocycles. The number of unbranched alkanes of at least 4 members (excludes halogenated alkanes) is 5. The number of carbonyl (C=O) groups is 1. The first-order valence-corrected chi connectivity index (χ1v) is 11.1. The highest BCUT2D eigenvalue weighted by Crippen LogP contribution is 2.44. The van der Waals surface area contributed by atoms with Crippen LogP contribution in [0.25, 0.3) is 0 Å². The van der Waals surface area contributed by atoms with E-state index >= 15 is 0 Å². The Bertz CT molecular complexity index is 735. The zero-order chi connectivity index (χ0) is 21.4. The quantitative estimate of drug-likeness (QED) is 0.341. The second-order valence-corrected chi connectivity index (χ2v) is 8.52. The molecular formula is C25H38O4. The second kappa shape index (κ2) is 10.7. The summed E-state index contributed by atoms with van der Waals surface area (Å²) in [6.45, 7) is 10.8. The lowest BCUT2D eigenvalue weighted by Gasteiger charge is -2.36. The van der Waals surface area contributed by atoms with Crippen LogP contribution in [-0.2, 0) is 11.2 Å². The van der Waals surface area contributed by atoms with Gasteiger partial charge >= 0.3 is 5.97 Å². The molecule has 0 bridgehead atoms. The highest BCUT2D eigenvalue weighted by molar-refractivity contribution is 5.67. The van der Waals surface area contributed by atoms with Crippen molar-refractivity contribution >= 4 is 5.97 Å². The van der Waals surface area contributed by atoms with Crippen LogP contribution in [0.4, 0.5) is 0 Å². The molecule has 1 aliphatic rings. The smallest absolute Gasteiger partial charge is 0.306 e. The van der Waals surface area contributed by atoms with Crippen LogP contribution in [0.15, 0.2) is 12.2 Å². The zero-order valence-corrected chi connectivity index (χ0v) is 18.9. The Morgan fingerprint density at radius 2 is 1.86 bits per heavy atom. The van der Waals surface area contributed by atoms with E-state index in [1.54, 1.807) is 0 Å². The van der Waals surface area contributed by atoms with E-state index in [4.69, 9.17) is 14.6 Å². The van der Waals surface area contributed by atoms with E-state index < -0.39 is 5.97 Å². The largest absolute Gasteiger partial charge is 0.492 e. The van der Waals surface area contributed by atoms with Gasteiger partial charge in [0.2, 0.25) is 0 Å². The third-order valence-corrected chi connectivity index (χ3v) is 6.02. The topological polar surface area (TPSA) is 55.8 Å². The molecule has 29 heavy (non-hydrogen) atoms. The Kier molecular flexibility index (Phi) is 8.60. The van der Waals surface area contributed by atoms with Crippen molar-refractivity contribution in [1.29, 1.82) is 0 Å². The van der Waals surface area contributed by atoms with Crippen molar-refractivity contribution in [2.45, 2.75) is 98.0 Å². The van der Waals surface area contributed by atoms with Gasteiger partial charge in [-0.25, -0.2) is 0 Å². The number of benzene rings is 1. The van der Waals surface area contributed by atoms with E-state index in [1.807, 2.05) is 6.92 Å². The fourth-order valence-electron chi connectivity index (χ4n) is 4.02. The van der Waals surface area contributed by atoms with Crippen molar-refractivity contribution in [2.75, 3.05) is 6.61 Å². The molecule has 1 aliphatic heterocycles. The molecule has 0 saturated carbocycles. The van der Waals surface area contributed by atoms with Crippen molar-refractivity contribution in [1.82, 2.24) is 0 Å². The Morgan fingerprint density at radius 1 is 1.14 bits per heavy atom. The van der Waals surface area contributed by atoms with E-state index in [9.17, 15) is 4.79 Å². The molecule has 1 aromatic carbocycles. The minimum absolute atomic E-state index is 0.00677. The summed E-state index contributed by atoms with van der Waals surface area (Å²) in [7, 11) is 0. The number of hydrogen-bond acceptors (Lipinski definition) is 3. The standard InChI is InChI=1S/C25H38O4/c1-6-7-8-9-10-11-12-15-25(5)16-13-21-20(4)23(28-17-14-22(26)27)18(2)19(3)24(21)29-25/h12,15H,6-11,13-14,16-17H2,1-5H3,(H,26,27). The number of rotatable bonds is 11. The van der Waals surface area contributed by atoms with Crippen molar-refractivity contribution in [3.63, 3.8) is 0 Å². The minimum Gasteiger partial charge on any atom is -0.492 e. The van der Waals surface area contributed by atoms with E-state index in [0.717, 1.165) is 47.5 Å². The van der Waals surface area contributed by atoms with E-state index in [0.29, 0.717) is 0 Å². The van der Waals surface area contributed by atoms with Crippen LogP contribution in [0.5, 0.6) is 11.5 Å². The summed E-state index contributed by atoms with van der Waals surface area (Å²) in [6.07, 6.45) is 14.0. The van der Waals surface area contributed by atoms with Gasteiger partial charge in [0.05, 0.1) is 13.0 Å². The predicted molar refractivity (Wildman–Crippen MR) is 118 cm³/mol. The zero-order valence-electron chi connectivity index (χ0n) is 18.9. The van der Waals surface area contributed by atoms with Crippen LogP contribution in [0.1, 0.15) is 87.5 Å². The maximum Gasteiger partial charge on any atom is 0.306 e. The van der Waals surface area contributed by atoms with Gasteiger partial charge in [-0.3, -0.25) is 4.79 Å². The van der Waals surface area contributed by atoms with Gasteiger partial charge in [0, 0.05) is 5.56 Å². The van der Waals surface area contributed by atoms with Crippen LogP contribution in [0.2, 0.25) is 0 Å². The molecule has 1 N–H and O–H groups in total. The lowest BCUT2D eigenvalue weighted by molar-refractivity contribution is -0.137. The molecule has 1 atom stereocenters. The molecule has 0 amide bonds. The van der Waals surface area contributed by atoms with Crippen molar-refractivity contribution in [2.24, 2.45) is 0 Å². The Labute approximate surface area is 176 Å². The van der Waals surface area contributed by atoms with Crippen molar-refractivity contribution in [3.8, 4) is 11.5 Å². The van der Waals surface area contributed by atoms with Gasteiger partial charge in [0.25, 0.3) is 0 Å². The Balaban J connectivity index is 2.08. The number of hydrogen-bond donors (Lipinski definition) is 1. The van der Waals surface area contributed by atoms with Gasteiger partial charge in [-0.1, -0.05) is 38.7 Å². The van der Waals surface area contributed by atoms with Crippen molar-refractivity contribution in [3.05, 3.63) is 34.4 Å². The number of allylic oxidation sites excluding steroid dienone is 1. The first-order chi connectivity index (χ1) is 13.8.